The van der Waals surface area contributed by atoms with E-state index in [2.05, 4.69) is 33.0 Å². The van der Waals surface area contributed by atoms with Crippen LogP contribution in [0, 0.1) is 46.3 Å². The van der Waals surface area contributed by atoms with Crippen molar-refractivity contribution in [2.75, 3.05) is 6.54 Å². The second-order valence-corrected chi connectivity index (χ2v) is 13.8. The van der Waals surface area contributed by atoms with Gasteiger partial charge >= 0.3 is 0 Å². The van der Waals surface area contributed by atoms with E-state index < -0.39 is 0 Å². The van der Waals surface area contributed by atoms with Gasteiger partial charge in [0.1, 0.15) is 0 Å². The molecule has 0 bridgehead atoms. The number of fused-ring (bicyclic) bond motifs is 5. The smallest absolute Gasteiger partial charge is 0.220 e. The molecule has 0 heterocycles. The first-order valence-electron chi connectivity index (χ1n) is 15.4. The van der Waals surface area contributed by atoms with Crippen LogP contribution in [0.2, 0.25) is 0 Å². The molecule has 36 heavy (non-hydrogen) atoms. The molecule has 0 aromatic heterocycles. The van der Waals surface area contributed by atoms with Crippen molar-refractivity contribution in [3.05, 3.63) is 0 Å². The van der Waals surface area contributed by atoms with E-state index in [-0.39, 0.29) is 41.0 Å². The minimum Gasteiger partial charge on any atom is -0.393 e. The third-order valence-corrected chi connectivity index (χ3v) is 11.9. The maximum absolute atomic E-state index is 12.5. The molecule has 4 aliphatic carbocycles. The zero-order chi connectivity index (χ0) is 26.1. The van der Waals surface area contributed by atoms with E-state index in [0.29, 0.717) is 36.0 Å². The molecule has 4 N–H and O–H groups in total. The number of carbonyl (C=O) groups is 1. The van der Waals surface area contributed by atoms with Crippen molar-refractivity contribution in [2.45, 2.75) is 136 Å². The number of nitrogens with one attached hydrogen (secondary N) is 1. The van der Waals surface area contributed by atoms with Crippen LogP contribution in [0.1, 0.15) is 118 Å². The molecular weight excluding hydrogens is 450 g/mol. The van der Waals surface area contributed by atoms with Crippen LogP contribution in [0.3, 0.4) is 0 Å². The van der Waals surface area contributed by atoms with E-state index >= 15 is 0 Å². The standard InChI is InChI=1S/C31H55NO4/c1-5-6-7-8-9-16-32-28(36)13-10-20(2)23-11-12-24-29-25(19-27(35)31(23,24)4)30(3)15-14-22(33)17-21(30)18-26(29)34/h20-27,29,33-35H,5-19H2,1-4H3,(H,32,36)/t20-,21+,22-,23-,24+,25+,26-,27+,29+,30+,31-/m1/s1. The van der Waals surface area contributed by atoms with E-state index in [1.54, 1.807) is 0 Å². The van der Waals surface area contributed by atoms with Crippen LogP contribution in [-0.2, 0) is 4.79 Å². The lowest BCUT2D eigenvalue weighted by Gasteiger charge is -2.63. The Labute approximate surface area is 220 Å². The molecule has 0 saturated heterocycles. The summed E-state index contributed by atoms with van der Waals surface area (Å²) in [5.74, 6) is 2.24. The summed E-state index contributed by atoms with van der Waals surface area (Å²) >= 11 is 0. The summed E-state index contributed by atoms with van der Waals surface area (Å²) in [5, 5.41) is 36.6. The largest absolute Gasteiger partial charge is 0.393 e. The Morgan fingerprint density at radius 3 is 2.47 bits per heavy atom. The van der Waals surface area contributed by atoms with Crippen molar-refractivity contribution in [1.82, 2.24) is 5.32 Å². The van der Waals surface area contributed by atoms with Crippen molar-refractivity contribution in [3.63, 3.8) is 0 Å². The number of hydrogen-bond acceptors (Lipinski definition) is 4. The van der Waals surface area contributed by atoms with E-state index in [0.717, 1.165) is 64.3 Å². The molecule has 11 atom stereocenters. The zero-order valence-corrected chi connectivity index (χ0v) is 23.6. The molecule has 5 heteroatoms. The number of hydrogen-bond donors (Lipinski definition) is 4. The SMILES string of the molecule is CCCCCCCNC(=O)CC[C@@H](C)[C@H]1CC[C@H]2[C@@H]3[C@H](O)C[C@@H]4C[C@H](O)CC[C@]4(C)[C@H]3C[C@H](O)[C@]12C. The zero-order valence-electron chi connectivity index (χ0n) is 23.6. The average molecular weight is 506 g/mol. The maximum atomic E-state index is 12.5. The van der Waals surface area contributed by atoms with Crippen molar-refractivity contribution in [2.24, 2.45) is 46.3 Å². The Kier molecular flexibility index (Phi) is 9.15. The fourth-order valence-corrected chi connectivity index (χ4v) is 9.74. The molecule has 5 nitrogen and oxygen atoms in total. The summed E-state index contributed by atoms with van der Waals surface area (Å²) in [6, 6.07) is 0. The molecule has 4 aliphatic rings. The van der Waals surface area contributed by atoms with Crippen LogP contribution in [0.15, 0.2) is 0 Å². The first-order chi connectivity index (χ1) is 17.1. The van der Waals surface area contributed by atoms with Crippen molar-refractivity contribution in [1.29, 1.82) is 0 Å². The third kappa shape index (κ3) is 5.27. The summed E-state index contributed by atoms with van der Waals surface area (Å²) in [6.07, 6.45) is 13.0. The number of unbranched alkanes of at least 4 members (excludes halogenated alkanes) is 4. The van der Waals surface area contributed by atoms with Gasteiger partial charge < -0.3 is 20.6 Å². The van der Waals surface area contributed by atoms with Crippen LogP contribution in [0.5, 0.6) is 0 Å². The van der Waals surface area contributed by atoms with Gasteiger partial charge in [-0.05, 0) is 104 Å². The van der Waals surface area contributed by atoms with Gasteiger partial charge in [-0.2, -0.15) is 0 Å². The number of carbonyl (C=O) groups excluding carboxylic acids is 1. The Morgan fingerprint density at radius 1 is 0.972 bits per heavy atom. The van der Waals surface area contributed by atoms with Crippen molar-refractivity contribution >= 4 is 5.91 Å². The highest BCUT2D eigenvalue weighted by atomic mass is 16.3. The van der Waals surface area contributed by atoms with Crippen LogP contribution in [0.25, 0.3) is 0 Å². The van der Waals surface area contributed by atoms with E-state index in [4.69, 9.17) is 0 Å². The molecule has 0 aromatic rings. The van der Waals surface area contributed by atoms with Gasteiger partial charge in [0.25, 0.3) is 0 Å². The predicted octanol–water partition coefficient (Wildman–Crippen LogP) is 5.45. The molecule has 0 aliphatic heterocycles. The number of aliphatic hydroxyl groups is 3. The van der Waals surface area contributed by atoms with Gasteiger partial charge in [-0.25, -0.2) is 0 Å². The Bertz CT molecular complexity index is 744. The molecule has 0 radical (unpaired) electrons. The predicted molar refractivity (Wildman–Crippen MR) is 144 cm³/mol. The second kappa shape index (κ2) is 11.6. The highest BCUT2D eigenvalue weighted by molar-refractivity contribution is 5.75. The number of rotatable bonds is 10. The van der Waals surface area contributed by atoms with Crippen LogP contribution in [0.4, 0.5) is 0 Å². The van der Waals surface area contributed by atoms with Gasteiger partial charge in [0.15, 0.2) is 0 Å². The van der Waals surface area contributed by atoms with Gasteiger partial charge in [0, 0.05) is 13.0 Å². The fraction of sp³-hybridized carbons (Fsp3) is 0.968. The molecule has 1 amide bonds. The highest BCUT2D eigenvalue weighted by Crippen LogP contribution is 2.68. The summed E-state index contributed by atoms with van der Waals surface area (Å²) in [5.41, 5.74) is -0.0710. The van der Waals surface area contributed by atoms with Gasteiger partial charge in [0.05, 0.1) is 18.3 Å². The molecule has 0 unspecified atom stereocenters. The summed E-state index contributed by atoms with van der Waals surface area (Å²) in [6.45, 7) is 9.98. The highest BCUT2D eigenvalue weighted by Gasteiger charge is 2.65. The maximum Gasteiger partial charge on any atom is 0.220 e. The number of aliphatic hydroxyl groups excluding tert-OH is 3. The van der Waals surface area contributed by atoms with Gasteiger partial charge in [-0.3, -0.25) is 4.79 Å². The Hall–Kier alpha value is -0.650. The van der Waals surface area contributed by atoms with E-state index in [1.807, 2.05) is 0 Å². The first-order valence-corrected chi connectivity index (χ1v) is 15.4. The Morgan fingerprint density at radius 2 is 1.72 bits per heavy atom. The molecule has 0 spiro atoms. The average Bonchev–Trinajstić information content (AvgIpc) is 3.20. The minimum absolute atomic E-state index is 0.115. The van der Waals surface area contributed by atoms with Crippen LogP contribution >= 0.6 is 0 Å². The van der Waals surface area contributed by atoms with Gasteiger partial charge in [-0.1, -0.05) is 53.4 Å². The summed E-state index contributed by atoms with van der Waals surface area (Å²) < 4.78 is 0. The lowest BCUT2D eigenvalue weighted by atomic mass is 9.43. The van der Waals surface area contributed by atoms with Crippen LogP contribution in [-0.4, -0.2) is 46.1 Å². The minimum atomic E-state index is -0.356. The summed E-state index contributed by atoms with van der Waals surface area (Å²) in [4.78, 5) is 12.5. The van der Waals surface area contributed by atoms with E-state index in [1.165, 1.54) is 25.7 Å². The van der Waals surface area contributed by atoms with Gasteiger partial charge in [-0.15, -0.1) is 0 Å². The molecule has 4 saturated carbocycles. The second-order valence-electron chi connectivity index (χ2n) is 13.8. The van der Waals surface area contributed by atoms with Crippen molar-refractivity contribution < 1.29 is 20.1 Å². The van der Waals surface area contributed by atoms with Crippen molar-refractivity contribution in [3.8, 4) is 0 Å². The lowest BCUT2D eigenvalue weighted by Crippen LogP contribution is -2.62. The lowest BCUT2D eigenvalue weighted by molar-refractivity contribution is -0.207. The van der Waals surface area contributed by atoms with Crippen LogP contribution < -0.4 is 5.32 Å². The molecule has 4 rings (SSSR count). The fourth-order valence-electron chi connectivity index (χ4n) is 9.74. The molecule has 208 valence electrons. The molecule has 4 fully saturated rings. The topological polar surface area (TPSA) is 89.8 Å². The Balaban J connectivity index is 1.36. The van der Waals surface area contributed by atoms with E-state index in [9.17, 15) is 20.1 Å². The first kappa shape index (κ1) is 28.4. The molecule has 0 aromatic carbocycles. The monoisotopic (exact) mass is 505 g/mol. The van der Waals surface area contributed by atoms with Gasteiger partial charge in [0.2, 0.25) is 5.91 Å². The normalized spacial score (nSPS) is 44.9. The number of amides is 1. The summed E-state index contributed by atoms with van der Waals surface area (Å²) in [7, 11) is 0. The third-order valence-electron chi connectivity index (χ3n) is 11.9. The molecular formula is C31H55NO4. The quantitative estimate of drug-likeness (QED) is 0.297.